The van der Waals surface area contributed by atoms with Crippen LogP contribution in [0.3, 0.4) is 0 Å². The van der Waals surface area contributed by atoms with Gasteiger partial charge in [-0.05, 0) is 56.5 Å². The number of carbonyl (C=O) groups excluding carboxylic acids is 1. The van der Waals surface area contributed by atoms with E-state index in [1.54, 1.807) is 0 Å². The number of anilines is 2. The Morgan fingerprint density at radius 3 is 2.45 bits per heavy atom. The van der Waals surface area contributed by atoms with Crippen LogP contribution in [0, 0.1) is 5.82 Å². The molecule has 2 aromatic rings. The van der Waals surface area contributed by atoms with Crippen molar-refractivity contribution in [1.82, 2.24) is 15.0 Å². The largest absolute Gasteiger partial charge is 0.371 e. The summed E-state index contributed by atoms with van der Waals surface area (Å²) < 4.78 is 56.6. The fourth-order valence-electron chi connectivity index (χ4n) is 4.19. The van der Waals surface area contributed by atoms with Gasteiger partial charge in [-0.25, -0.2) is 17.2 Å². The first-order valence-corrected chi connectivity index (χ1v) is 12.7. The fraction of sp³-hybridized carbons (Fsp3) is 0.571. The van der Waals surface area contributed by atoms with Crippen LogP contribution >= 0.6 is 0 Å². The van der Waals surface area contributed by atoms with Crippen LogP contribution in [0.15, 0.2) is 27.6 Å². The van der Waals surface area contributed by atoms with E-state index < -0.39 is 27.4 Å². The Labute approximate surface area is 191 Å². The van der Waals surface area contributed by atoms with Crippen LogP contribution in [-0.4, -0.2) is 67.3 Å². The third-order valence-electron chi connectivity index (χ3n) is 6.05. The van der Waals surface area contributed by atoms with Crippen LogP contribution in [0.1, 0.15) is 39.0 Å². The second-order valence-corrected chi connectivity index (χ2v) is 11.0. The average Bonchev–Trinajstić information content (AvgIpc) is 3.37. The molecule has 4 rings (SSSR count). The second kappa shape index (κ2) is 8.54. The number of nitrogens with one attached hydrogen (secondary N) is 1. The van der Waals surface area contributed by atoms with Crippen molar-refractivity contribution < 1.29 is 26.5 Å². The van der Waals surface area contributed by atoms with Gasteiger partial charge in [0.2, 0.25) is 5.91 Å². The molecule has 0 aliphatic carbocycles. The molecule has 1 atom stereocenters. The highest BCUT2D eigenvalue weighted by Crippen LogP contribution is 2.29. The van der Waals surface area contributed by atoms with Crippen molar-refractivity contribution >= 4 is 27.4 Å². The summed E-state index contributed by atoms with van der Waals surface area (Å²) in [4.78, 5) is 20.7. The topological polar surface area (TPSA) is 109 Å². The number of hydrogen-bond donors (Lipinski definition) is 1. The highest BCUT2D eigenvalue weighted by molar-refractivity contribution is 7.90. The molecule has 2 fully saturated rings. The number of nitrogens with zero attached hydrogens (tertiary/aromatic N) is 4. The van der Waals surface area contributed by atoms with Crippen molar-refractivity contribution in [2.45, 2.75) is 55.8 Å². The second-order valence-electron chi connectivity index (χ2n) is 9.02. The Hall–Kier alpha value is -2.76. The van der Waals surface area contributed by atoms with Crippen LogP contribution in [0.2, 0.25) is 0 Å². The van der Waals surface area contributed by atoms with Crippen LogP contribution < -0.4 is 10.2 Å². The van der Waals surface area contributed by atoms with Crippen LogP contribution in [0.25, 0.3) is 0 Å². The standard InChI is InChI=1S/C21H27F2N5O4S/c1-21(2,23)19-25-20(26-32-19)27-9-6-13(7-10-27)28-11-8-17(18(28)29)24-16-5-4-14(12-15(16)22)33(3,30)31/h4-5,12-13,17,24H,6-11H2,1-3H3. The molecule has 0 radical (unpaired) electrons. The minimum absolute atomic E-state index is 0.0296. The molecule has 12 heteroatoms. The van der Waals surface area contributed by atoms with E-state index in [4.69, 9.17) is 4.52 Å². The minimum Gasteiger partial charge on any atom is -0.371 e. The Kier molecular flexibility index (Phi) is 6.06. The SMILES string of the molecule is CC(C)(F)c1nc(N2CCC(N3CCC(Nc4ccc(S(C)(=O)=O)cc4F)C3=O)CC2)no1. The van der Waals surface area contributed by atoms with E-state index in [1.807, 2.05) is 9.80 Å². The van der Waals surface area contributed by atoms with Crippen molar-refractivity contribution in [3.05, 3.63) is 29.9 Å². The zero-order chi connectivity index (χ0) is 24.0. The van der Waals surface area contributed by atoms with Crippen molar-refractivity contribution in [1.29, 1.82) is 0 Å². The zero-order valence-electron chi connectivity index (χ0n) is 18.7. The van der Waals surface area contributed by atoms with E-state index in [1.165, 1.54) is 26.0 Å². The molecule has 0 saturated carbocycles. The number of benzene rings is 1. The number of likely N-dealkylation sites (tertiary alicyclic amines) is 1. The molecule has 3 heterocycles. The van der Waals surface area contributed by atoms with E-state index in [2.05, 4.69) is 15.5 Å². The summed E-state index contributed by atoms with van der Waals surface area (Å²) in [6, 6.07) is 3.08. The number of amides is 1. The molecule has 33 heavy (non-hydrogen) atoms. The smallest absolute Gasteiger partial charge is 0.266 e. The zero-order valence-corrected chi connectivity index (χ0v) is 19.5. The number of hydrogen-bond acceptors (Lipinski definition) is 8. The molecule has 1 aromatic heterocycles. The van der Waals surface area contributed by atoms with Gasteiger partial charge in [-0.1, -0.05) is 0 Å². The van der Waals surface area contributed by atoms with Gasteiger partial charge in [0.25, 0.3) is 11.8 Å². The third kappa shape index (κ3) is 4.94. The predicted molar refractivity (Wildman–Crippen MR) is 117 cm³/mol. The molecule has 1 aromatic carbocycles. The van der Waals surface area contributed by atoms with Gasteiger partial charge < -0.3 is 19.6 Å². The van der Waals surface area contributed by atoms with Crippen molar-refractivity contribution in [2.75, 3.05) is 36.1 Å². The summed E-state index contributed by atoms with van der Waals surface area (Å²) in [6.07, 6.45) is 2.92. The van der Waals surface area contributed by atoms with Crippen LogP contribution in [0.4, 0.5) is 20.4 Å². The van der Waals surface area contributed by atoms with Crippen molar-refractivity contribution in [2.24, 2.45) is 0 Å². The molecule has 1 N–H and O–H groups in total. The van der Waals surface area contributed by atoms with E-state index in [-0.39, 0.29) is 28.4 Å². The summed E-state index contributed by atoms with van der Waals surface area (Å²) in [6.45, 7) is 4.45. The molecule has 1 amide bonds. The Balaban J connectivity index is 1.35. The number of carbonyl (C=O) groups is 1. The Morgan fingerprint density at radius 1 is 1.18 bits per heavy atom. The van der Waals surface area contributed by atoms with E-state index in [0.717, 1.165) is 12.3 Å². The molecule has 0 spiro atoms. The summed E-state index contributed by atoms with van der Waals surface area (Å²) >= 11 is 0. The van der Waals surface area contributed by atoms with Gasteiger partial charge >= 0.3 is 0 Å². The summed E-state index contributed by atoms with van der Waals surface area (Å²) in [5, 5.41) is 6.79. The van der Waals surface area contributed by atoms with E-state index in [9.17, 15) is 22.0 Å². The summed E-state index contributed by atoms with van der Waals surface area (Å²) in [7, 11) is -3.51. The first-order chi connectivity index (χ1) is 15.4. The van der Waals surface area contributed by atoms with Crippen LogP contribution in [-0.2, 0) is 20.3 Å². The molecular weight excluding hydrogens is 456 g/mol. The van der Waals surface area contributed by atoms with Gasteiger partial charge in [-0.2, -0.15) is 4.98 Å². The molecule has 2 aliphatic heterocycles. The Bertz CT molecular complexity index is 1140. The van der Waals surface area contributed by atoms with Gasteiger partial charge in [0.1, 0.15) is 11.9 Å². The van der Waals surface area contributed by atoms with Crippen LogP contribution in [0.5, 0.6) is 0 Å². The molecule has 2 aliphatic rings. The third-order valence-corrected chi connectivity index (χ3v) is 7.16. The molecule has 0 bridgehead atoms. The Morgan fingerprint density at radius 2 is 1.88 bits per heavy atom. The molecule has 2 saturated heterocycles. The number of aromatic nitrogens is 2. The number of sulfone groups is 1. The highest BCUT2D eigenvalue weighted by Gasteiger charge is 2.38. The lowest BCUT2D eigenvalue weighted by molar-refractivity contribution is -0.130. The van der Waals surface area contributed by atoms with Crippen molar-refractivity contribution in [3.63, 3.8) is 0 Å². The predicted octanol–water partition coefficient (Wildman–Crippen LogP) is 2.50. The molecule has 180 valence electrons. The maximum absolute atomic E-state index is 14.4. The molecule has 1 unspecified atom stereocenters. The number of rotatable bonds is 6. The summed E-state index contributed by atoms with van der Waals surface area (Å²) in [5.41, 5.74) is -1.61. The first kappa shape index (κ1) is 23.4. The first-order valence-electron chi connectivity index (χ1n) is 10.8. The average molecular weight is 484 g/mol. The molecule has 9 nitrogen and oxygen atoms in total. The van der Waals surface area contributed by atoms with Gasteiger partial charge in [-0.3, -0.25) is 4.79 Å². The lowest BCUT2D eigenvalue weighted by atomic mass is 10.0. The summed E-state index contributed by atoms with van der Waals surface area (Å²) in [5.74, 6) is -0.552. The number of alkyl halides is 1. The normalized spacial score (nSPS) is 20.5. The quantitative estimate of drug-likeness (QED) is 0.668. The van der Waals surface area contributed by atoms with E-state index >= 15 is 0 Å². The fourth-order valence-corrected chi connectivity index (χ4v) is 4.83. The lowest BCUT2D eigenvalue weighted by Gasteiger charge is -2.36. The van der Waals surface area contributed by atoms with Gasteiger partial charge in [0.05, 0.1) is 10.6 Å². The van der Waals surface area contributed by atoms with Crippen molar-refractivity contribution in [3.8, 4) is 0 Å². The van der Waals surface area contributed by atoms with Gasteiger partial charge in [-0.15, -0.1) is 0 Å². The van der Waals surface area contributed by atoms with Gasteiger partial charge in [0.15, 0.2) is 15.5 Å². The highest BCUT2D eigenvalue weighted by atomic mass is 32.2. The number of piperidine rings is 1. The number of halogens is 2. The van der Waals surface area contributed by atoms with Gasteiger partial charge in [0, 0.05) is 31.9 Å². The monoisotopic (exact) mass is 483 g/mol. The lowest BCUT2D eigenvalue weighted by Crippen LogP contribution is -2.47. The maximum Gasteiger partial charge on any atom is 0.266 e. The maximum atomic E-state index is 14.4. The van der Waals surface area contributed by atoms with E-state index in [0.29, 0.717) is 44.8 Å². The minimum atomic E-state index is -3.51. The molecular formula is C21H27F2N5O4S.